The van der Waals surface area contributed by atoms with E-state index in [1.165, 1.54) is 0 Å². The van der Waals surface area contributed by atoms with E-state index >= 15 is 0 Å². The van der Waals surface area contributed by atoms with Gasteiger partial charge in [-0.15, -0.1) is 11.3 Å². The average molecular weight is 301 g/mol. The van der Waals surface area contributed by atoms with Gasteiger partial charge in [0.1, 0.15) is 5.01 Å². The van der Waals surface area contributed by atoms with E-state index in [-0.39, 0.29) is 5.91 Å². The Bertz CT molecular complexity index is 631. The molecule has 3 rings (SSSR count). The van der Waals surface area contributed by atoms with Crippen LogP contribution in [0.4, 0.5) is 0 Å². The fourth-order valence-corrected chi connectivity index (χ4v) is 3.35. The first-order valence-electron chi connectivity index (χ1n) is 7.23. The lowest BCUT2D eigenvalue weighted by Crippen LogP contribution is -2.33. The molecule has 0 bridgehead atoms. The van der Waals surface area contributed by atoms with Crippen molar-refractivity contribution < 1.29 is 4.79 Å². The molecule has 1 aliphatic heterocycles. The number of carbonyl (C=O) groups is 1. The Balaban J connectivity index is 1.68. The van der Waals surface area contributed by atoms with E-state index in [4.69, 9.17) is 0 Å². The number of thiazole rings is 1. The number of amides is 1. The second kappa shape index (κ2) is 6.37. The Morgan fingerprint density at radius 1 is 1.24 bits per heavy atom. The van der Waals surface area contributed by atoms with E-state index in [9.17, 15) is 4.79 Å². The molecule has 0 atom stereocenters. The summed E-state index contributed by atoms with van der Waals surface area (Å²) in [6.07, 6.45) is 4.53. The Hall–Kier alpha value is -1.72. The van der Waals surface area contributed by atoms with Crippen LogP contribution in [0.3, 0.4) is 0 Å². The van der Waals surface area contributed by atoms with Crippen molar-refractivity contribution in [3.63, 3.8) is 0 Å². The topological polar surface area (TPSA) is 36.4 Å². The van der Waals surface area contributed by atoms with E-state index in [1.54, 1.807) is 17.4 Å². The van der Waals surface area contributed by atoms with Crippen LogP contribution in [0.1, 0.15) is 11.4 Å². The van der Waals surface area contributed by atoms with Crippen molar-refractivity contribution >= 4 is 33.5 Å². The molecule has 5 heteroatoms. The van der Waals surface area contributed by atoms with Crippen LogP contribution in [0, 0.1) is 0 Å². The molecule has 0 spiro atoms. The third-order valence-corrected chi connectivity index (χ3v) is 4.71. The monoisotopic (exact) mass is 301 g/mol. The molecule has 1 amide bonds. The maximum Gasteiger partial charge on any atom is 0.246 e. The molecule has 21 heavy (non-hydrogen) atoms. The molecule has 1 aliphatic rings. The first-order valence-corrected chi connectivity index (χ1v) is 8.05. The largest absolute Gasteiger partial charge is 0.338 e. The minimum atomic E-state index is 0.0876. The fourth-order valence-electron chi connectivity index (χ4n) is 2.48. The summed E-state index contributed by atoms with van der Waals surface area (Å²) >= 11 is 1.61. The lowest BCUT2D eigenvalue weighted by atomic mass is 10.3. The zero-order valence-electron chi connectivity index (χ0n) is 12.2. The summed E-state index contributed by atoms with van der Waals surface area (Å²) in [7, 11) is 2.10. The highest BCUT2D eigenvalue weighted by molar-refractivity contribution is 7.19. The Kier molecular flexibility index (Phi) is 4.31. The lowest BCUT2D eigenvalue weighted by Gasteiger charge is -2.18. The molecule has 0 aliphatic carbocycles. The van der Waals surface area contributed by atoms with Gasteiger partial charge in [-0.2, -0.15) is 0 Å². The van der Waals surface area contributed by atoms with Gasteiger partial charge in [0.15, 0.2) is 0 Å². The molecule has 1 fully saturated rings. The molecule has 2 heterocycles. The molecule has 4 nitrogen and oxygen atoms in total. The second-order valence-electron chi connectivity index (χ2n) is 5.34. The first kappa shape index (κ1) is 14.2. The standard InChI is InChI=1S/C16H19N3OS/c1-18-9-4-10-19(12-11-18)16(20)8-7-15-17-13-5-2-3-6-14(13)21-15/h2-3,5-8H,4,9-12H2,1H3/b8-7+. The average Bonchev–Trinajstić information content (AvgIpc) is 2.78. The van der Waals surface area contributed by atoms with Crippen LogP contribution in [-0.4, -0.2) is 53.9 Å². The highest BCUT2D eigenvalue weighted by atomic mass is 32.1. The van der Waals surface area contributed by atoms with Gasteiger partial charge in [0, 0.05) is 25.7 Å². The van der Waals surface area contributed by atoms with E-state index in [0.717, 1.165) is 47.8 Å². The predicted molar refractivity (Wildman–Crippen MR) is 87.3 cm³/mol. The number of hydrogen-bond acceptors (Lipinski definition) is 4. The third-order valence-electron chi connectivity index (χ3n) is 3.71. The van der Waals surface area contributed by atoms with Crippen molar-refractivity contribution in [3.05, 3.63) is 35.3 Å². The Morgan fingerprint density at radius 3 is 2.95 bits per heavy atom. The summed E-state index contributed by atoms with van der Waals surface area (Å²) in [5.41, 5.74) is 0.992. The number of nitrogens with zero attached hydrogens (tertiary/aromatic N) is 3. The first-order chi connectivity index (χ1) is 10.2. The summed E-state index contributed by atoms with van der Waals surface area (Å²) < 4.78 is 1.15. The SMILES string of the molecule is CN1CCCN(C(=O)/C=C/c2nc3ccccc3s2)CC1. The maximum absolute atomic E-state index is 12.2. The molecule has 0 unspecified atom stereocenters. The number of aromatic nitrogens is 1. The van der Waals surface area contributed by atoms with E-state index < -0.39 is 0 Å². The van der Waals surface area contributed by atoms with Crippen molar-refractivity contribution in [2.45, 2.75) is 6.42 Å². The van der Waals surface area contributed by atoms with Crippen molar-refractivity contribution in [2.24, 2.45) is 0 Å². The highest BCUT2D eigenvalue weighted by Crippen LogP contribution is 2.22. The maximum atomic E-state index is 12.2. The molecular formula is C16H19N3OS. The molecule has 110 valence electrons. The van der Waals surface area contributed by atoms with Gasteiger partial charge in [0.05, 0.1) is 10.2 Å². The smallest absolute Gasteiger partial charge is 0.246 e. The molecule has 1 saturated heterocycles. The van der Waals surface area contributed by atoms with Crippen LogP contribution in [0.5, 0.6) is 0 Å². The lowest BCUT2D eigenvalue weighted by molar-refractivity contribution is -0.125. The van der Waals surface area contributed by atoms with Crippen LogP contribution in [0.25, 0.3) is 16.3 Å². The Labute approximate surface area is 128 Å². The fraction of sp³-hybridized carbons (Fsp3) is 0.375. The summed E-state index contributed by atoms with van der Waals surface area (Å²) in [4.78, 5) is 20.9. The van der Waals surface area contributed by atoms with Gasteiger partial charge in [-0.1, -0.05) is 12.1 Å². The summed E-state index contributed by atoms with van der Waals surface area (Å²) in [5.74, 6) is 0.0876. The number of rotatable bonds is 2. The molecule has 1 aromatic heterocycles. The molecule has 1 aromatic carbocycles. The Morgan fingerprint density at radius 2 is 2.10 bits per heavy atom. The van der Waals surface area contributed by atoms with Crippen LogP contribution < -0.4 is 0 Å². The molecule has 0 saturated carbocycles. The van der Waals surface area contributed by atoms with Gasteiger partial charge in [0.2, 0.25) is 5.91 Å². The van der Waals surface area contributed by atoms with E-state index in [2.05, 4.69) is 23.0 Å². The van der Waals surface area contributed by atoms with Crippen molar-refractivity contribution in [2.75, 3.05) is 33.2 Å². The number of hydrogen-bond donors (Lipinski definition) is 0. The highest BCUT2D eigenvalue weighted by Gasteiger charge is 2.15. The van der Waals surface area contributed by atoms with E-state index in [0.29, 0.717) is 0 Å². The predicted octanol–water partition coefficient (Wildman–Crippen LogP) is 2.47. The van der Waals surface area contributed by atoms with Crippen LogP contribution >= 0.6 is 11.3 Å². The second-order valence-corrected chi connectivity index (χ2v) is 6.40. The zero-order chi connectivity index (χ0) is 14.7. The number of benzene rings is 1. The van der Waals surface area contributed by atoms with Crippen molar-refractivity contribution in [3.8, 4) is 0 Å². The minimum Gasteiger partial charge on any atom is -0.338 e. The molecular weight excluding hydrogens is 282 g/mol. The minimum absolute atomic E-state index is 0.0876. The van der Waals surface area contributed by atoms with Crippen molar-refractivity contribution in [1.82, 2.24) is 14.8 Å². The van der Waals surface area contributed by atoms with Crippen LogP contribution in [0.2, 0.25) is 0 Å². The molecule has 0 radical (unpaired) electrons. The summed E-state index contributed by atoms with van der Waals surface area (Å²) in [6, 6.07) is 8.04. The third kappa shape index (κ3) is 3.49. The van der Waals surface area contributed by atoms with Crippen LogP contribution in [-0.2, 0) is 4.79 Å². The number of para-hydroxylation sites is 1. The zero-order valence-corrected chi connectivity index (χ0v) is 13.0. The van der Waals surface area contributed by atoms with Gasteiger partial charge >= 0.3 is 0 Å². The normalized spacial score (nSPS) is 17.5. The summed E-state index contributed by atoms with van der Waals surface area (Å²) in [5, 5.41) is 0.886. The van der Waals surface area contributed by atoms with Gasteiger partial charge in [-0.3, -0.25) is 4.79 Å². The molecule has 2 aromatic rings. The van der Waals surface area contributed by atoms with Gasteiger partial charge in [-0.05, 0) is 38.2 Å². The van der Waals surface area contributed by atoms with E-state index in [1.807, 2.05) is 29.2 Å². The van der Waals surface area contributed by atoms with Crippen LogP contribution in [0.15, 0.2) is 30.3 Å². The number of likely N-dealkylation sites (N-methyl/N-ethyl adjacent to an activating group) is 1. The summed E-state index contributed by atoms with van der Waals surface area (Å²) in [6.45, 7) is 3.65. The van der Waals surface area contributed by atoms with Crippen molar-refractivity contribution in [1.29, 1.82) is 0 Å². The quantitative estimate of drug-likeness (QED) is 0.800. The van der Waals surface area contributed by atoms with Gasteiger partial charge < -0.3 is 9.80 Å². The van der Waals surface area contributed by atoms with Gasteiger partial charge in [0.25, 0.3) is 0 Å². The number of fused-ring (bicyclic) bond motifs is 1. The number of carbonyl (C=O) groups excluding carboxylic acids is 1. The molecule has 0 N–H and O–H groups in total. The van der Waals surface area contributed by atoms with Gasteiger partial charge in [-0.25, -0.2) is 4.98 Å².